The van der Waals surface area contributed by atoms with Crippen molar-refractivity contribution in [1.82, 2.24) is 14.7 Å². The van der Waals surface area contributed by atoms with Gasteiger partial charge in [-0.05, 0) is 27.5 Å². The third kappa shape index (κ3) is 4.75. The second kappa shape index (κ2) is 10.2. The summed E-state index contributed by atoms with van der Waals surface area (Å²) in [5.41, 5.74) is 3.60. The van der Waals surface area contributed by atoms with Gasteiger partial charge in [0.15, 0.2) is 0 Å². The zero-order chi connectivity index (χ0) is 25.2. The van der Waals surface area contributed by atoms with Crippen LogP contribution in [0.3, 0.4) is 0 Å². The molecule has 4 aromatic carbocycles. The van der Waals surface area contributed by atoms with E-state index >= 15 is 0 Å². The van der Waals surface area contributed by atoms with Gasteiger partial charge in [-0.2, -0.15) is 0 Å². The van der Waals surface area contributed by atoms with E-state index in [1.54, 1.807) is 9.80 Å². The number of hydrogen-bond donors (Lipinski definition) is 0. The third-order valence-corrected chi connectivity index (χ3v) is 7.79. The highest BCUT2D eigenvalue weighted by Gasteiger charge is 2.42. The van der Waals surface area contributed by atoms with Crippen LogP contribution in [0.4, 0.5) is 0 Å². The summed E-state index contributed by atoms with van der Waals surface area (Å²) >= 11 is 0. The maximum absolute atomic E-state index is 13.7. The van der Waals surface area contributed by atoms with Crippen molar-refractivity contribution in [2.75, 3.05) is 32.7 Å². The Morgan fingerprint density at radius 2 is 1.38 bits per heavy atom. The van der Waals surface area contributed by atoms with Crippen molar-refractivity contribution in [2.45, 2.75) is 18.5 Å². The maximum atomic E-state index is 13.7. The van der Waals surface area contributed by atoms with Crippen LogP contribution < -0.4 is 0 Å². The molecule has 0 N–H and O–H groups in total. The molecule has 2 saturated heterocycles. The number of carbonyl (C=O) groups excluding carboxylic acids is 2. The zero-order valence-electron chi connectivity index (χ0n) is 20.9. The van der Waals surface area contributed by atoms with E-state index in [1.165, 1.54) is 11.1 Å². The number of amides is 2. The molecule has 186 valence electrons. The van der Waals surface area contributed by atoms with Gasteiger partial charge < -0.3 is 9.80 Å². The van der Waals surface area contributed by atoms with Crippen molar-refractivity contribution < 1.29 is 9.59 Å². The summed E-state index contributed by atoms with van der Waals surface area (Å²) in [6.45, 7) is 3.33. The van der Waals surface area contributed by atoms with Gasteiger partial charge in [-0.1, -0.05) is 103 Å². The van der Waals surface area contributed by atoms with Gasteiger partial charge in [-0.25, -0.2) is 0 Å². The van der Waals surface area contributed by atoms with Crippen LogP contribution in [-0.4, -0.2) is 65.3 Å². The fourth-order valence-corrected chi connectivity index (χ4v) is 5.86. The quantitative estimate of drug-likeness (QED) is 0.400. The second-order valence-electron chi connectivity index (χ2n) is 10.1. The maximum Gasteiger partial charge on any atom is 0.247 e. The van der Waals surface area contributed by atoms with Crippen LogP contribution in [0, 0.1) is 0 Å². The standard InChI is InChI=1S/C32H31N3O2/c36-31-23-34(20-27-16-9-15-24-14-7-8-17-28(24)27)32(37)30-22-33(18-19-35(30)31)21-29(25-10-3-1-4-11-25)26-12-5-2-6-13-26/h1-17,29-30H,18-23H2. The number of rotatable bonds is 6. The molecule has 5 nitrogen and oxygen atoms in total. The van der Waals surface area contributed by atoms with E-state index in [9.17, 15) is 9.59 Å². The SMILES string of the molecule is O=C1C2CN(CC(c3ccccc3)c3ccccc3)CCN2C(=O)CN1Cc1cccc2ccccc12. The molecule has 0 aliphatic carbocycles. The van der Waals surface area contributed by atoms with Crippen LogP contribution in [0.1, 0.15) is 22.6 Å². The average molecular weight is 490 g/mol. The van der Waals surface area contributed by atoms with Crippen molar-refractivity contribution in [2.24, 2.45) is 0 Å². The molecule has 6 rings (SSSR count). The number of carbonyl (C=O) groups is 2. The minimum Gasteiger partial charge on any atom is -0.327 e. The number of hydrogen-bond acceptors (Lipinski definition) is 3. The predicted octanol–water partition coefficient (Wildman–Crippen LogP) is 4.53. The van der Waals surface area contributed by atoms with Crippen molar-refractivity contribution in [3.05, 3.63) is 120 Å². The Labute approximate surface area is 217 Å². The van der Waals surface area contributed by atoms with Gasteiger partial charge in [-0.15, -0.1) is 0 Å². The van der Waals surface area contributed by atoms with E-state index in [1.807, 2.05) is 30.3 Å². The van der Waals surface area contributed by atoms with Crippen LogP contribution >= 0.6 is 0 Å². The van der Waals surface area contributed by atoms with Crippen molar-refractivity contribution in [1.29, 1.82) is 0 Å². The largest absolute Gasteiger partial charge is 0.327 e. The Hall–Kier alpha value is -3.96. The molecule has 5 heteroatoms. The summed E-state index contributed by atoms with van der Waals surface area (Å²) in [6, 6.07) is 35.1. The lowest BCUT2D eigenvalue weighted by Crippen LogP contribution is -2.66. The predicted molar refractivity (Wildman–Crippen MR) is 146 cm³/mol. The Bertz CT molecular complexity index is 1360. The van der Waals surface area contributed by atoms with Crippen LogP contribution in [0.2, 0.25) is 0 Å². The monoisotopic (exact) mass is 489 g/mol. The topological polar surface area (TPSA) is 43.9 Å². The zero-order valence-corrected chi connectivity index (χ0v) is 20.9. The minimum absolute atomic E-state index is 0.0483. The molecular weight excluding hydrogens is 458 g/mol. The molecule has 0 bridgehead atoms. The summed E-state index contributed by atoms with van der Waals surface area (Å²) in [7, 11) is 0. The van der Waals surface area contributed by atoms with Crippen LogP contribution in [-0.2, 0) is 16.1 Å². The smallest absolute Gasteiger partial charge is 0.247 e. The van der Waals surface area contributed by atoms with E-state index in [2.05, 4.69) is 77.7 Å². The normalized spacial score (nSPS) is 18.5. The van der Waals surface area contributed by atoms with Crippen LogP contribution in [0.5, 0.6) is 0 Å². The Morgan fingerprint density at radius 3 is 2.11 bits per heavy atom. The number of piperazine rings is 2. The minimum atomic E-state index is -0.433. The molecule has 0 aromatic heterocycles. The molecule has 1 unspecified atom stereocenters. The Kier molecular flexibility index (Phi) is 6.46. The molecule has 0 saturated carbocycles. The van der Waals surface area contributed by atoms with Gasteiger partial charge in [0.1, 0.15) is 12.6 Å². The molecule has 2 aliphatic heterocycles. The first-order valence-corrected chi connectivity index (χ1v) is 13.0. The molecule has 2 fully saturated rings. The lowest BCUT2D eigenvalue weighted by atomic mass is 9.90. The average Bonchev–Trinajstić information content (AvgIpc) is 2.95. The van der Waals surface area contributed by atoms with E-state index in [0.717, 1.165) is 29.4 Å². The molecule has 37 heavy (non-hydrogen) atoms. The Balaban J connectivity index is 1.22. The van der Waals surface area contributed by atoms with Gasteiger partial charge in [0, 0.05) is 38.6 Å². The van der Waals surface area contributed by atoms with Crippen LogP contribution in [0.15, 0.2) is 103 Å². The molecule has 2 amide bonds. The highest BCUT2D eigenvalue weighted by atomic mass is 16.2. The summed E-state index contributed by atoms with van der Waals surface area (Å²) in [6.07, 6.45) is 0. The number of fused-ring (bicyclic) bond motifs is 2. The van der Waals surface area contributed by atoms with E-state index in [-0.39, 0.29) is 24.3 Å². The summed E-state index contributed by atoms with van der Waals surface area (Å²) < 4.78 is 0. The van der Waals surface area contributed by atoms with E-state index in [0.29, 0.717) is 19.6 Å². The molecule has 2 aliphatic rings. The summed E-state index contributed by atoms with van der Waals surface area (Å²) in [5, 5.41) is 2.28. The van der Waals surface area contributed by atoms with Gasteiger partial charge in [0.25, 0.3) is 0 Å². The number of benzene rings is 4. The third-order valence-electron chi connectivity index (χ3n) is 7.79. The van der Waals surface area contributed by atoms with Crippen LogP contribution in [0.25, 0.3) is 10.8 Å². The van der Waals surface area contributed by atoms with E-state index in [4.69, 9.17) is 0 Å². The van der Waals surface area contributed by atoms with Crippen molar-refractivity contribution in [3.63, 3.8) is 0 Å². The molecule has 0 radical (unpaired) electrons. The van der Waals surface area contributed by atoms with Crippen molar-refractivity contribution in [3.8, 4) is 0 Å². The molecule has 1 atom stereocenters. The highest BCUT2D eigenvalue weighted by molar-refractivity contribution is 5.95. The summed E-state index contributed by atoms with van der Waals surface area (Å²) in [5.74, 6) is 0.301. The summed E-state index contributed by atoms with van der Waals surface area (Å²) in [4.78, 5) is 32.8. The fourth-order valence-electron chi connectivity index (χ4n) is 5.86. The van der Waals surface area contributed by atoms with E-state index < -0.39 is 6.04 Å². The molecule has 4 aromatic rings. The lowest BCUT2D eigenvalue weighted by molar-refractivity contribution is -0.160. The molecular formula is C32H31N3O2. The lowest BCUT2D eigenvalue weighted by Gasteiger charge is -2.46. The first-order chi connectivity index (χ1) is 18.2. The first-order valence-electron chi connectivity index (χ1n) is 13.0. The molecule has 2 heterocycles. The van der Waals surface area contributed by atoms with Gasteiger partial charge in [0.2, 0.25) is 11.8 Å². The number of nitrogens with zero attached hydrogens (tertiary/aromatic N) is 3. The molecule has 0 spiro atoms. The second-order valence-corrected chi connectivity index (χ2v) is 10.1. The van der Waals surface area contributed by atoms with Gasteiger partial charge >= 0.3 is 0 Å². The Morgan fingerprint density at radius 1 is 0.730 bits per heavy atom. The fraction of sp³-hybridized carbons (Fsp3) is 0.250. The van der Waals surface area contributed by atoms with Gasteiger partial charge in [-0.3, -0.25) is 14.5 Å². The highest BCUT2D eigenvalue weighted by Crippen LogP contribution is 2.28. The van der Waals surface area contributed by atoms with Crippen molar-refractivity contribution >= 4 is 22.6 Å². The first kappa shape index (κ1) is 23.4. The van der Waals surface area contributed by atoms with Gasteiger partial charge in [0.05, 0.1) is 0 Å².